The van der Waals surface area contributed by atoms with Crippen molar-refractivity contribution in [3.63, 3.8) is 0 Å². The average molecular weight is 274 g/mol. The van der Waals surface area contributed by atoms with Gasteiger partial charge in [-0.25, -0.2) is 0 Å². The number of hydrogen-bond acceptors (Lipinski definition) is 3. The number of pyridine rings is 1. The number of fused-ring (bicyclic) bond motifs is 1. The Morgan fingerprint density at radius 3 is 2.79 bits per heavy atom. The summed E-state index contributed by atoms with van der Waals surface area (Å²) in [5, 5.41) is 11.8. The van der Waals surface area contributed by atoms with E-state index in [1.807, 2.05) is 25.1 Å². The summed E-state index contributed by atoms with van der Waals surface area (Å²) < 4.78 is 5.63. The first-order valence-corrected chi connectivity index (χ1v) is 6.31. The first-order chi connectivity index (χ1) is 9.13. The second kappa shape index (κ2) is 4.68. The standard InChI is InChI=1S/C15H12ClNO2/c1-9-2-3-10(8-17-9)15(18)14-7-11-6-12(16)4-5-13(11)19-14/h2-8,15,18H,1H3. The van der Waals surface area contributed by atoms with Crippen molar-refractivity contribution in [3.8, 4) is 0 Å². The van der Waals surface area contributed by atoms with Crippen molar-refractivity contribution in [2.75, 3.05) is 0 Å². The van der Waals surface area contributed by atoms with Crippen LogP contribution in [0.1, 0.15) is 23.1 Å². The van der Waals surface area contributed by atoms with E-state index < -0.39 is 6.10 Å². The van der Waals surface area contributed by atoms with Gasteiger partial charge in [0.05, 0.1) is 0 Å². The van der Waals surface area contributed by atoms with Crippen molar-refractivity contribution in [3.05, 3.63) is 64.6 Å². The van der Waals surface area contributed by atoms with Crippen LogP contribution in [0.2, 0.25) is 5.02 Å². The summed E-state index contributed by atoms with van der Waals surface area (Å²) in [6.07, 6.45) is 0.833. The second-order valence-electron chi connectivity index (χ2n) is 4.47. The number of halogens is 1. The number of nitrogens with zero attached hydrogens (tertiary/aromatic N) is 1. The van der Waals surface area contributed by atoms with Gasteiger partial charge >= 0.3 is 0 Å². The molecule has 0 fully saturated rings. The zero-order valence-electron chi connectivity index (χ0n) is 10.3. The summed E-state index contributed by atoms with van der Waals surface area (Å²) in [6.45, 7) is 1.90. The van der Waals surface area contributed by atoms with Crippen LogP contribution in [0.4, 0.5) is 0 Å². The van der Waals surface area contributed by atoms with Crippen LogP contribution in [0, 0.1) is 6.92 Å². The maximum atomic E-state index is 10.3. The molecule has 96 valence electrons. The van der Waals surface area contributed by atoms with Crippen LogP contribution in [0.3, 0.4) is 0 Å². The third kappa shape index (κ3) is 2.35. The zero-order valence-corrected chi connectivity index (χ0v) is 11.1. The zero-order chi connectivity index (χ0) is 13.4. The highest BCUT2D eigenvalue weighted by molar-refractivity contribution is 6.31. The van der Waals surface area contributed by atoms with Crippen LogP contribution in [0.15, 0.2) is 47.0 Å². The maximum Gasteiger partial charge on any atom is 0.138 e. The molecule has 19 heavy (non-hydrogen) atoms. The number of benzene rings is 1. The van der Waals surface area contributed by atoms with Crippen molar-refractivity contribution < 1.29 is 9.52 Å². The molecule has 0 aliphatic carbocycles. The van der Waals surface area contributed by atoms with Crippen molar-refractivity contribution in [1.82, 2.24) is 4.98 Å². The van der Waals surface area contributed by atoms with E-state index in [0.29, 0.717) is 21.9 Å². The highest BCUT2D eigenvalue weighted by atomic mass is 35.5. The monoisotopic (exact) mass is 273 g/mol. The normalized spacial score (nSPS) is 12.8. The number of aliphatic hydroxyl groups excluding tert-OH is 1. The number of rotatable bonds is 2. The van der Waals surface area contributed by atoms with Crippen LogP contribution in [-0.4, -0.2) is 10.1 Å². The molecule has 1 aromatic carbocycles. The lowest BCUT2D eigenvalue weighted by Crippen LogP contribution is -1.98. The van der Waals surface area contributed by atoms with E-state index in [0.717, 1.165) is 11.1 Å². The summed E-state index contributed by atoms with van der Waals surface area (Å²) in [7, 11) is 0. The van der Waals surface area contributed by atoms with Crippen molar-refractivity contribution >= 4 is 22.6 Å². The van der Waals surface area contributed by atoms with Crippen LogP contribution >= 0.6 is 11.6 Å². The summed E-state index contributed by atoms with van der Waals surface area (Å²) in [4.78, 5) is 4.17. The van der Waals surface area contributed by atoms with Crippen molar-refractivity contribution in [1.29, 1.82) is 0 Å². The molecule has 1 N–H and O–H groups in total. The highest BCUT2D eigenvalue weighted by Crippen LogP contribution is 2.29. The minimum atomic E-state index is -0.820. The fourth-order valence-corrected chi connectivity index (χ4v) is 2.16. The van der Waals surface area contributed by atoms with E-state index in [1.165, 1.54) is 0 Å². The highest BCUT2D eigenvalue weighted by Gasteiger charge is 2.16. The minimum absolute atomic E-state index is 0.489. The molecule has 2 heterocycles. The maximum absolute atomic E-state index is 10.3. The SMILES string of the molecule is Cc1ccc(C(O)c2cc3cc(Cl)ccc3o2)cn1. The number of aromatic nitrogens is 1. The minimum Gasteiger partial charge on any atom is -0.458 e. The average Bonchev–Trinajstić information content (AvgIpc) is 2.81. The number of furan rings is 1. The molecule has 1 unspecified atom stereocenters. The smallest absolute Gasteiger partial charge is 0.138 e. The fraction of sp³-hybridized carbons (Fsp3) is 0.133. The molecule has 1 atom stereocenters. The lowest BCUT2D eigenvalue weighted by atomic mass is 10.1. The van der Waals surface area contributed by atoms with Crippen molar-refractivity contribution in [2.24, 2.45) is 0 Å². The molecular weight excluding hydrogens is 262 g/mol. The Kier molecular flexibility index (Phi) is 3.01. The summed E-state index contributed by atoms with van der Waals surface area (Å²) >= 11 is 5.93. The molecule has 0 aliphatic rings. The molecule has 3 rings (SSSR count). The van der Waals surface area contributed by atoms with Gasteiger partial charge < -0.3 is 9.52 Å². The fourth-order valence-electron chi connectivity index (χ4n) is 1.97. The van der Waals surface area contributed by atoms with E-state index in [9.17, 15) is 5.11 Å². The molecular formula is C15H12ClNO2. The Bertz CT molecular complexity index is 719. The Morgan fingerprint density at radius 2 is 2.05 bits per heavy atom. The topological polar surface area (TPSA) is 46.3 Å². The van der Waals surface area contributed by atoms with Crippen molar-refractivity contribution in [2.45, 2.75) is 13.0 Å². The third-order valence-electron chi connectivity index (χ3n) is 3.02. The number of hydrogen-bond donors (Lipinski definition) is 1. The van der Waals surface area contributed by atoms with Gasteiger partial charge in [0.25, 0.3) is 0 Å². The third-order valence-corrected chi connectivity index (χ3v) is 3.25. The Labute approximate surface area is 115 Å². The molecule has 3 aromatic rings. The van der Waals surface area contributed by atoms with E-state index in [4.69, 9.17) is 16.0 Å². The van der Waals surface area contributed by atoms with Gasteiger partial charge in [-0.2, -0.15) is 0 Å². The molecule has 0 radical (unpaired) electrons. The first kappa shape index (κ1) is 12.2. The van der Waals surface area contributed by atoms with E-state index in [2.05, 4.69) is 4.98 Å². The van der Waals surface area contributed by atoms with Crippen LogP contribution in [0.5, 0.6) is 0 Å². The molecule has 0 amide bonds. The molecule has 0 saturated heterocycles. The molecule has 0 aliphatic heterocycles. The predicted octanol–water partition coefficient (Wildman–Crippen LogP) is 3.87. The van der Waals surface area contributed by atoms with Gasteiger partial charge in [-0.3, -0.25) is 4.98 Å². The van der Waals surface area contributed by atoms with Crippen LogP contribution in [0.25, 0.3) is 11.0 Å². The Morgan fingerprint density at radius 1 is 1.21 bits per heavy atom. The number of aliphatic hydroxyl groups is 1. The summed E-state index contributed by atoms with van der Waals surface area (Å²) in [5.41, 5.74) is 2.32. The van der Waals surface area contributed by atoms with Gasteiger partial charge in [0.1, 0.15) is 17.4 Å². The quantitative estimate of drug-likeness (QED) is 0.771. The van der Waals surface area contributed by atoms with Gasteiger partial charge in [-0.05, 0) is 37.3 Å². The summed E-state index contributed by atoms with van der Waals surface area (Å²) in [6, 6.07) is 10.9. The lowest BCUT2D eigenvalue weighted by molar-refractivity contribution is 0.192. The molecule has 0 saturated carbocycles. The lowest BCUT2D eigenvalue weighted by Gasteiger charge is -2.07. The predicted molar refractivity (Wildman–Crippen MR) is 74.3 cm³/mol. The Balaban J connectivity index is 2.01. The first-order valence-electron chi connectivity index (χ1n) is 5.93. The van der Waals surface area contributed by atoms with Crippen LogP contribution in [-0.2, 0) is 0 Å². The molecule has 3 nitrogen and oxygen atoms in total. The van der Waals surface area contributed by atoms with Gasteiger partial charge in [0.15, 0.2) is 0 Å². The van der Waals surface area contributed by atoms with E-state index in [1.54, 1.807) is 24.4 Å². The largest absolute Gasteiger partial charge is 0.458 e. The number of aryl methyl sites for hydroxylation is 1. The van der Waals surface area contributed by atoms with Gasteiger partial charge in [-0.15, -0.1) is 0 Å². The molecule has 2 aromatic heterocycles. The molecule has 0 spiro atoms. The summed E-state index contributed by atoms with van der Waals surface area (Å²) in [5.74, 6) is 0.489. The van der Waals surface area contributed by atoms with Gasteiger partial charge in [0, 0.05) is 27.9 Å². The van der Waals surface area contributed by atoms with Crippen LogP contribution < -0.4 is 0 Å². The van der Waals surface area contributed by atoms with E-state index >= 15 is 0 Å². The van der Waals surface area contributed by atoms with Gasteiger partial charge in [-0.1, -0.05) is 17.7 Å². The van der Waals surface area contributed by atoms with Gasteiger partial charge in [0.2, 0.25) is 0 Å². The second-order valence-corrected chi connectivity index (χ2v) is 4.90. The molecule has 4 heteroatoms. The van der Waals surface area contributed by atoms with E-state index in [-0.39, 0.29) is 0 Å². The Hall–Kier alpha value is -1.84. The molecule has 0 bridgehead atoms.